The first-order chi connectivity index (χ1) is 8.96. The summed E-state index contributed by atoms with van der Waals surface area (Å²) in [5.74, 6) is 0. The SMILES string of the molecule is O=C[C@H](O)[C@@H](O[C@H]1O[C@@H](CO)[C@H](O)[C@H]1O)[C@@H](O)CO. The molecule has 6 N–H and O–H groups in total. The predicted octanol–water partition coefficient (Wildman–Crippen LogP) is -4.28. The minimum Gasteiger partial charge on any atom is -0.394 e. The molecular weight excluding hydrogens is 264 g/mol. The molecule has 9 heteroatoms. The maximum Gasteiger partial charge on any atom is 0.187 e. The van der Waals surface area contributed by atoms with Crippen molar-refractivity contribution >= 4 is 6.29 Å². The van der Waals surface area contributed by atoms with Crippen LogP contribution >= 0.6 is 0 Å². The lowest BCUT2D eigenvalue weighted by Gasteiger charge is -2.27. The van der Waals surface area contributed by atoms with Crippen LogP contribution in [0.4, 0.5) is 0 Å². The van der Waals surface area contributed by atoms with Gasteiger partial charge >= 0.3 is 0 Å². The Labute approximate surface area is 108 Å². The van der Waals surface area contributed by atoms with Gasteiger partial charge in [0.05, 0.1) is 13.2 Å². The first-order valence-electron chi connectivity index (χ1n) is 5.66. The van der Waals surface area contributed by atoms with E-state index in [-0.39, 0.29) is 6.29 Å². The Kier molecular flexibility index (Phi) is 6.23. The van der Waals surface area contributed by atoms with E-state index in [1.54, 1.807) is 0 Å². The number of carbonyl (C=O) groups is 1. The van der Waals surface area contributed by atoms with Crippen molar-refractivity contribution in [3.05, 3.63) is 0 Å². The topological polar surface area (TPSA) is 157 Å². The van der Waals surface area contributed by atoms with Crippen LogP contribution in [-0.2, 0) is 14.3 Å². The number of aliphatic hydroxyl groups is 6. The lowest BCUT2D eigenvalue weighted by Crippen LogP contribution is -2.47. The normalized spacial score (nSPS) is 35.9. The van der Waals surface area contributed by atoms with Gasteiger partial charge in [-0.3, -0.25) is 0 Å². The van der Waals surface area contributed by atoms with Gasteiger partial charge < -0.3 is 44.9 Å². The highest BCUT2D eigenvalue weighted by atomic mass is 16.7. The third-order valence-electron chi connectivity index (χ3n) is 2.83. The Balaban J connectivity index is 2.71. The second-order valence-corrected chi connectivity index (χ2v) is 4.18. The molecule has 0 amide bonds. The van der Waals surface area contributed by atoms with Gasteiger partial charge in [0.1, 0.15) is 36.6 Å². The Hall–Kier alpha value is -0.650. The fourth-order valence-corrected chi connectivity index (χ4v) is 1.71. The van der Waals surface area contributed by atoms with Crippen LogP contribution in [0.15, 0.2) is 0 Å². The molecule has 0 unspecified atom stereocenters. The van der Waals surface area contributed by atoms with Crippen molar-refractivity contribution in [1.82, 2.24) is 0 Å². The summed E-state index contributed by atoms with van der Waals surface area (Å²) in [5, 5.41) is 55.5. The average Bonchev–Trinajstić information content (AvgIpc) is 2.70. The molecule has 1 rings (SSSR count). The van der Waals surface area contributed by atoms with Crippen molar-refractivity contribution in [2.45, 2.75) is 42.9 Å². The van der Waals surface area contributed by atoms with Crippen molar-refractivity contribution < 1.29 is 44.9 Å². The molecule has 0 bridgehead atoms. The fourth-order valence-electron chi connectivity index (χ4n) is 1.71. The van der Waals surface area contributed by atoms with E-state index in [2.05, 4.69) is 0 Å². The molecule has 0 aliphatic carbocycles. The third-order valence-corrected chi connectivity index (χ3v) is 2.83. The minimum atomic E-state index is -1.75. The highest BCUT2D eigenvalue weighted by Gasteiger charge is 2.45. The van der Waals surface area contributed by atoms with E-state index in [1.165, 1.54) is 0 Å². The molecule has 1 saturated heterocycles. The molecule has 1 fully saturated rings. The van der Waals surface area contributed by atoms with Crippen molar-refractivity contribution in [1.29, 1.82) is 0 Å². The molecule has 0 saturated carbocycles. The Morgan fingerprint density at radius 2 is 1.84 bits per heavy atom. The number of carbonyl (C=O) groups excluding carboxylic acids is 1. The van der Waals surface area contributed by atoms with Crippen LogP contribution < -0.4 is 0 Å². The summed E-state index contributed by atoms with van der Waals surface area (Å²) in [4.78, 5) is 10.5. The van der Waals surface area contributed by atoms with Gasteiger partial charge in [0.25, 0.3) is 0 Å². The summed E-state index contributed by atoms with van der Waals surface area (Å²) in [6.45, 7) is -1.36. The van der Waals surface area contributed by atoms with Gasteiger partial charge in [-0.05, 0) is 0 Å². The second-order valence-electron chi connectivity index (χ2n) is 4.18. The second kappa shape index (κ2) is 7.22. The molecule has 0 spiro atoms. The fraction of sp³-hybridized carbons (Fsp3) is 0.900. The van der Waals surface area contributed by atoms with Crippen molar-refractivity contribution in [3.63, 3.8) is 0 Å². The van der Waals surface area contributed by atoms with Crippen molar-refractivity contribution in [2.75, 3.05) is 13.2 Å². The Bertz CT molecular complexity index is 286. The molecule has 0 aromatic carbocycles. The van der Waals surface area contributed by atoms with Gasteiger partial charge in [0.2, 0.25) is 0 Å². The largest absolute Gasteiger partial charge is 0.394 e. The Morgan fingerprint density at radius 1 is 1.21 bits per heavy atom. The minimum absolute atomic E-state index is 0.0881. The molecule has 1 aliphatic heterocycles. The van der Waals surface area contributed by atoms with Crippen LogP contribution in [0.2, 0.25) is 0 Å². The number of aldehydes is 1. The first-order valence-corrected chi connectivity index (χ1v) is 5.66. The lowest BCUT2D eigenvalue weighted by atomic mass is 10.1. The molecule has 1 aliphatic rings. The van der Waals surface area contributed by atoms with Crippen LogP contribution in [0.1, 0.15) is 0 Å². The van der Waals surface area contributed by atoms with E-state index in [4.69, 9.17) is 19.7 Å². The summed E-state index contributed by atoms with van der Waals surface area (Å²) < 4.78 is 9.96. The molecule has 19 heavy (non-hydrogen) atoms. The summed E-state index contributed by atoms with van der Waals surface area (Å²) in [7, 11) is 0. The van der Waals surface area contributed by atoms with Gasteiger partial charge in [0, 0.05) is 0 Å². The maximum atomic E-state index is 10.5. The molecule has 9 nitrogen and oxygen atoms in total. The number of hydrogen-bond donors (Lipinski definition) is 6. The van der Waals surface area contributed by atoms with E-state index >= 15 is 0 Å². The van der Waals surface area contributed by atoms with Crippen LogP contribution in [0.25, 0.3) is 0 Å². The summed E-state index contributed by atoms with van der Waals surface area (Å²) >= 11 is 0. The van der Waals surface area contributed by atoms with Gasteiger partial charge in [0.15, 0.2) is 12.6 Å². The highest BCUT2D eigenvalue weighted by Crippen LogP contribution is 2.24. The highest BCUT2D eigenvalue weighted by molar-refractivity contribution is 5.56. The Morgan fingerprint density at radius 3 is 2.26 bits per heavy atom. The molecule has 112 valence electrons. The quantitative estimate of drug-likeness (QED) is 0.254. The zero-order valence-corrected chi connectivity index (χ0v) is 9.94. The summed E-state index contributed by atoms with van der Waals surface area (Å²) in [5.41, 5.74) is 0. The molecule has 7 atom stereocenters. The molecule has 0 aromatic rings. The molecular formula is C10H18O9. The third kappa shape index (κ3) is 3.68. The van der Waals surface area contributed by atoms with Crippen molar-refractivity contribution in [3.8, 4) is 0 Å². The molecule has 0 aromatic heterocycles. The van der Waals surface area contributed by atoms with Crippen LogP contribution in [0, 0.1) is 0 Å². The van der Waals surface area contributed by atoms with Gasteiger partial charge in [-0.1, -0.05) is 0 Å². The zero-order valence-electron chi connectivity index (χ0n) is 9.94. The van der Waals surface area contributed by atoms with E-state index in [9.17, 15) is 25.2 Å². The molecule has 0 radical (unpaired) electrons. The summed E-state index contributed by atoms with van der Waals surface area (Å²) in [6.07, 6.45) is -10.2. The maximum absolute atomic E-state index is 10.5. The van der Waals surface area contributed by atoms with Crippen LogP contribution in [-0.4, -0.2) is 93.1 Å². The zero-order chi connectivity index (χ0) is 14.6. The number of ether oxygens (including phenoxy) is 2. The van der Waals surface area contributed by atoms with Crippen LogP contribution in [0.5, 0.6) is 0 Å². The van der Waals surface area contributed by atoms with E-state index in [0.717, 1.165) is 0 Å². The first kappa shape index (κ1) is 16.4. The number of aliphatic hydroxyl groups excluding tert-OH is 6. The summed E-state index contributed by atoms with van der Waals surface area (Å²) in [6, 6.07) is 0. The smallest absolute Gasteiger partial charge is 0.187 e. The lowest BCUT2D eigenvalue weighted by molar-refractivity contribution is -0.230. The van der Waals surface area contributed by atoms with Gasteiger partial charge in [-0.25, -0.2) is 0 Å². The molecule has 1 heterocycles. The van der Waals surface area contributed by atoms with Gasteiger partial charge in [-0.2, -0.15) is 0 Å². The predicted molar refractivity (Wildman–Crippen MR) is 57.8 cm³/mol. The monoisotopic (exact) mass is 282 g/mol. The van der Waals surface area contributed by atoms with Crippen LogP contribution in [0.3, 0.4) is 0 Å². The van der Waals surface area contributed by atoms with E-state index in [1.807, 2.05) is 0 Å². The number of rotatable bonds is 7. The average molecular weight is 282 g/mol. The van der Waals surface area contributed by atoms with E-state index in [0.29, 0.717) is 0 Å². The van der Waals surface area contributed by atoms with Gasteiger partial charge in [-0.15, -0.1) is 0 Å². The number of hydrogen-bond acceptors (Lipinski definition) is 9. The van der Waals surface area contributed by atoms with E-state index < -0.39 is 56.1 Å². The standard InChI is InChI=1S/C10H18O9/c11-1-4(14)9(5(15)2-12)19-10-8(17)7(16)6(3-13)18-10/h1,4-10,12-17H,2-3H2/t4-,5-,6-,7-,8+,9+,10+/m0/s1. The van der Waals surface area contributed by atoms with Crippen molar-refractivity contribution in [2.24, 2.45) is 0 Å².